The SMILES string of the molecule is CCCC(C)CC1CNCCC1Cc1ccc(OC)nc1. The third kappa shape index (κ3) is 4.99. The van der Waals surface area contributed by atoms with Gasteiger partial charge in [0.25, 0.3) is 0 Å². The topological polar surface area (TPSA) is 34.1 Å². The van der Waals surface area contributed by atoms with Crippen LogP contribution in [0.15, 0.2) is 18.3 Å². The summed E-state index contributed by atoms with van der Waals surface area (Å²) in [6.07, 6.45) is 8.43. The molecule has 2 heterocycles. The number of nitrogens with zero attached hydrogens (tertiary/aromatic N) is 1. The molecule has 0 radical (unpaired) electrons. The van der Waals surface area contributed by atoms with Gasteiger partial charge in [-0.2, -0.15) is 0 Å². The van der Waals surface area contributed by atoms with Crippen LogP contribution >= 0.6 is 0 Å². The predicted octanol–water partition coefficient (Wildman–Crippen LogP) is 3.68. The van der Waals surface area contributed by atoms with E-state index in [2.05, 4.69) is 30.2 Å². The summed E-state index contributed by atoms with van der Waals surface area (Å²) in [6.45, 7) is 7.04. The van der Waals surface area contributed by atoms with E-state index in [-0.39, 0.29) is 0 Å². The molecule has 0 amide bonds. The lowest BCUT2D eigenvalue weighted by molar-refractivity contribution is 0.210. The second kappa shape index (κ2) is 8.38. The van der Waals surface area contributed by atoms with Crippen molar-refractivity contribution in [1.29, 1.82) is 0 Å². The lowest BCUT2D eigenvalue weighted by Crippen LogP contribution is -2.38. The molecule has 1 N–H and O–H groups in total. The molecule has 118 valence electrons. The number of methoxy groups -OCH3 is 1. The van der Waals surface area contributed by atoms with E-state index in [1.54, 1.807) is 7.11 Å². The molecule has 0 aliphatic carbocycles. The molecule has 1 aliphatic heterocycles. The van der Waals surface area contributed by atoms with E-state index >= 15 is 0 Å². The first kappa shape index (κ1) is 16.3. The Hall–Kier alpha value is -1.09. The third-order valence-electron chi connectivity index (χ3n) is 4.76. The van der Waals surface area contributed by atoms with Crippen LogP contribution in [-0.4, -0.2) is 25.2 Å². The van der Waals surface area contributed by atoms with Crippen molar-refractivity contribution in [3.05, 3.63) is 23.9 Å². The number of pyridine rings is 1. The number of piperidine rings is 1. The van der Waals surface area contributed by atoms with Gasteiger partial charge in [0.05, 0.1) is 7.11 Å². The van der Waals surface area contributed by atoms with Gasteiger partial charge in [0.2, 0.25) is 5.88 Å². The van der Waals surface area contributed by atoms with Crippen molar-refractivity contribution in [3.63, 3.8) is 0 Å². The minimum atomic E-state index is 0.706. The van der Waals surface area contributed by atoms with Crippen LogP contribution in [0.25, 0.3) is 0 Å². The number of aromatic nitrogens is 1. The lowest BCUT2D eigenvalue weighted by atomic mass is 9.77. The minimum Gasteiger partial charge on any atom is -0.481 e. The first-order valence-corrected chi connectivity index (χ1v) is 8.42. The van der Waals surface area contributed by atoms with E-state index in [1.165, 1.54) is 37.8 Å². The fraction of sp³-hybridized carbons (Fsp3) is 0.722. The molecule has 3 unspecified atom stereocenters. The van der Waals surface area contributed by atoms with Crippen LogP contribution in [0, 0.1) is 17.8 Å². The van der Waals surface area contributed by atoms with Crippen LogP contribution in [0.2, 0.25) is 0 Å². The van der Waals surface area contributed by atoms with Gasteiger partial charge in [0, 0.05) is 12.3 Å². The maximum Gasteiger partial charge on any atom is 0.212 e. The van der Waals surface area contributed by atoms with Gasteiger partial charge in [-0.25, -0.2) is 4.98 Å². The summed E-state index contributed by atoms with van der Waals surface area (Å²) in [6, 6.07) is 4.14. The number of hydrogen-bond acceptors (Lipinski definition) is 3. The molecule has 2 rings (SSSR count). The Balaban J connectivity index is 1.94. The molecule has 1 aromatic heterocycles. The van der Waals surface area contributed by atoms with Crippen LogP contribution in [0.1, 0.15) is 45.1 Å². The van der Waals surface area contributed by atoms with Crippen LogP contribution in [0.3, 0.4) is 0 Å². The molecule has 0 bridgehead atoms. The number of nitrogens with one attached hydrogen (secondary N) is 1. The first-order valence-electron chi connectivity index (χ1n) is 8.42. The minimum absolute atomic E-state index is 0.706. The van der Waals surface area contributed by atoms with Gasteiger partial charge >= 0.3 is 0 Å². The van der Waals surface area contributed by atoms with E-state index in [0.717, 1.165) is 30.7 Å². The number of ether oxygens (including phenoxy) is 1. The normalized spacial score (nSPS) is 23.8. The van der Waals surface area contributed by atoms with Crippen LogP contribution in [0.4, 0.5) is 0 Å². The van der Waals surface area contributed by atoms with E-state index in [4.69, 9.17) is 4.74 Å². The van der Waals surface area contributed by atoms with Gasteiger partial charge in [0.1, 0.15) is 0 Å². The quantitative estimate of drug-likeness (QED) is 0.831. The van der Waals surface area contributed by atoms with Gasteiger partial charge < -0.3 is 10.1 Å². The Bertz CT molecular complexity index is 404. The molecular weight excluding hydrogens is 260 g/mol. The standard InChI is InChI=1S/C18H30N2O/c1-4-5-14(2)10-17-13-19-9-8-16(17)11-15-6-7-18(21-3)20-12-15/h6-7,12,14,16-17,19H,4-5,8-11,13H2,1-3H3. The lowest BCUT2D eigenvalue weighted by Gasteiger charge is -2.34. The highest BCUT2D eigenvalue weighted by Crippen LogP contribution is 2.30. The molecule has 0 aromatic carbocycles. The zero-order valence-corrected chi connectivity index (χ0v) is 13.8. The fourth-order valence-corrected chi connectivity index (χ4v) is 3.60. The maximum atomic E-state index is 5.14. The van der Waals surface area contributed by atoms with Crippen molar-refractivity contribution in [2.24, 2.45) is 17.8 Å². The zero-order valence-electron chi connectivity index (χ0n) is 13.8. The van der Waals surface area contributed by atoms with Crippen molar-refractivity contribution in [3.8, 4) is 5.88 Å². The molecule has 0 saturated carbocycles. The van der Waals surface area contributed by atoms with Crippen LogP contribution in [0.5, 0.6) is 5.88 Å². The summed E-state index contributed by atoms with van der Waals surface area (Å²) >= 11 is 0. The second-order valence-corrected chi connectivity index (χ2v) is 6.56. The Morgan fingerprint density at radius 1 is 1.38 bits per heavy atom. The van der Waals surface area contributed by atoms with Crippen molar-refractivity contribution in [2.45, 2.75) is 46.0 Å². The van der Waals surface area contributed by atoms with Crippen molar-refractivity contribution in [2.75, 3.05) is 20.2 Å². The average Bonchev–Trinajstić information content (AvgIpc) is 2.50. The van der Waals surface area contributed by atoms with E-state index in [9.17, 15) is 0 Å². The molecular formula is C18H30N2O. The molecule has 1 fully saturated rings. The highest BCUT2D eigenvalue weighted by Gasteiger charge is 2.26. The molecule has 3 heteroatoms. The maximum absolute atomic E-state index is 5.14. The van der Waals surface area contributed by atoms with Gasteiger partial charge in [-0.15, -0.1) is 0 Å². The van der Waals surface area contributed by atoms with Crippen LogP contribution in [-0.2, 0) is 6.42 Å². The predicted molar refractivity (Wildman–Crippen MR) is 87.6 cm³/mol. The van der Waals surface area contributed by atoms with Crippen molar-refractivity contribution in [1.82, 2.24) is 10.3 Å². The number of hydrogen-bond donors (Lipinski definition) is 1. The van der Waals surface area contributed by atoms with Gasteiger partial charge in [-0.1, -0.05) is 32.8 Å². The Kier molecular flexibility index (Phi) is 6.50. The van der Waals surface area contributed by atoms with Gasteiger partial charge in [-0.05, 0) is 55.7 Å². The highest BCUT2D eigenvalue weighted by molar-refractivity contribution is 5.18. The van der Waals surface area contributed by atoms with Crippen molar-refractivity contribution >= 4 is 0 Å². The zero-order chi connectivity index (χ0) is 15.1. The molecule has 3 nitrogen and oxygen atoms in total. The molecule has 0 spiro atoms. The summed E-state index contributed by atoms with van der Waals surface area (Å²) in [7, 11) is 1.67. The van der Waals surface area contributed by atoms with Gasteiger partial charge in [-0.3, -0.25) is 0 Å². The Morgan fingerprint density at radius 3 is 2.90 bits per heavy atom. The monoisotopic (exact) mass is 290 g/mol. The highest BCUT2D eigenvalue weighted by atomic mass is 16.5. The largest absolute Gasteiger partial charge is 0.481 e. The summed E-state index contributed by atoms with van der Waals surface area (Å²) in [4.78, 5) is 4.34. The summed E-state index contributed by atoms with van der Waals surface area (Å²) in [5.74, 6) is 3.15. The second-order valence-electron chi connectivity index (χ2n) is 6.56. The Morgan fingerprint density at radius 2 is 2.24 bits per heavy atom. The van der Waals surface area contributed by atoms with Gasteiger partial charge in [0.15, 0.2) is 0 Å². The van der Waals surface area contributed by atoms with E-state index < -0.39 is 0 Å². The van der Waals surface area contributed by atoms with E-state index in [1.807, 2.05) is 12.3 Å². The fourth-order valence-electron chi connectivity index (χ4n) is 3.60. The van der Waals surface area contributed by atoms with E-state index in [0.29, 0.717) is 5.88 Å². The number of rotatable bonds is 7. The molecule has 3 atom stereocenters. The first-order chi connectivity index (χ1) is 10.2. The molecule has 1 aromatic rings. The smallest absolute Gasteiger partial charge is 0.212 e. The summed E-state index contributed by atoms with van der Waals surface area (Å²) < 4.78 is 5.14. The molecule has 1 aliphatic rings. The molecule has 1 saturated heterocycles. The average molecular weight is 290 g/mol. The Labute approximate surface area is 129 Å². The van der Waals surface area contributed by atoms with Crippen LogP contribution < -0.4 is 10.1 Å². The summed E-state index contributed by atoms with van der Waals surface area (Å²) in [5.41, 5.74) is 1.34. The summed E-state index contributed by atoms with van der Waals surface area (Å²) in [5, 5.41) is 3.58. The van der Waals surface area contributed by atoms with Crippen molar-refractivity contribution < 1.29 is 4.74 Å². The third-order valence-corrected chi connectivity index (χ3v) is 4.76. The molecule has 21 heavy (non-hydrogen) atoms.